The summed E-state index contributed by atoms with van der Waals surface area (Å²) in [5.74, 6) is -0.177. The Hall–Kier alpha value is -2.17. The van der Waals surface area contributed by atoms with Crippen molar-refractivity contribution in [2.45, 2.75) is 112 Å². The molecule has 0 aliphatic heterocycles. The lowest BCUT2D eigenvalue weighted by Gasteiger charge is -2.36. The number of hydrogen-bond donors (Lipinski definition) is 0. The maximum absolute atomic E-state index is 12.9. The van der Waals surface area contributed by atoms with Gasteiger partial charge in [0.2, 0.25) is 0 Å². The number of carbonyl (C=O) groups is 1. The molecule has 212 valence electrons. The number of ether oxygens (including phenoxy) is 3. The monoisotopic (exact) mass is 524 g/mol. The van der Waals surface area contributed by atoms with E-state index in [9.17, 15) is 4.79 Å². The first-order valence-corrected chi connectivity index (χ1v) is 14.4. The third-order valence-corrected chi connectivity index (χ3v) is 7.65. The lowest BCUT2D eigenvalue weighted by atomic mass is 9.72. The molecule has 0 aliphatic rings. The molecule has 5 unspecified atom stereocenters. The summed E-state index contributed by atoms with van der Waals surface area (Å²) in [6.07, 6.45) is 2.70. The van der Waals surface area contributed by atoms with Gasteiger partial charge in [-0.1, -0.05) is 116 Å². The van der Waals surface area contributed by atoms with E-state index in [2.05, 4.69) is 86.6 Å². The van der Waals surface area contributed by atoms with Crippen LogP contribution in [0.25, 0.3) is 0 Å². The van der Waals surface area contributed by atoms with Crippen molar-refractivity contribution in [2.75, 3.05) is 6.61 Å². The summed E-state index contributed by atoms with van der Waals surface area (Å²) in [6, 6.07) is 20.5. The fourth-order valence-electron chi connectivity index (χ4n) is 5.34. The SMILES string of the molecule is CCC(OC(C)c1ccccc1)C(OC(C)c1ccccc1)C(C)COC(=O)CC(C)(C)CC(C)(C)CC. The van der Waals surface area contributed by atoms with Gasteiger partial charge in [-0.25, -0.2) is 0 Å². The third kappa shape index (κ3) is 10.5. The van der Waals surface area contributed by atoms with E-state index in [1.165, 1.54) is 0 Å². The second-order valence-corrected chi connectivity index (χ2v) is 12.5. The summed E-state index contributed by atoms with van der Waals surface area (Å²) >= 11 is 0. The van der Waals surface area contributed by atoms with Crippen molar-refractivity contribution in [2.24, 2.45) is 16.7 Å². The molecule has 0 heterocycles. The molecule has 2 rings (SSSR count). The van der Waals surface area contributed by atoms with Gasteiger partial charge >= 0.3 is 5.97 Å². The van der Waals surface area contributed by atoms with Crippen molar-refractivity contribution in [3.05, 3.63) is 71.8 Å². The molecule has 0 aromatic heterocycles. The second kappa shape index (κ2) is 14.8. The second-order valence-electron chi connectivity index (χ2n) is 12.5. The smallest absolute Gasteiger partial charge is 0.306 e. The predicted octanol–water partition coefficient (Wildman–Crippen LogP) is 9.11. The molecular formula is C34H52O4. The van der Waals surface area contributed by atoms with Gasteiger partial charge in [0.1, 0.15) is 0 Å². The van der Waals surface area contributed by atoms with Crippen LogP contribution >= 0.6 is 0 Å². The molecule has 0 N–H and O–H groups in total. The van der Waals surface area contributed by atoms with Gasteiger partial charge in [-0.05, 0) is 48.6 Å². The largest absolute Gasteiger partial charge is 0.465 e. The molecule has 0 amide bonds. The number of hydrogen-bond acceptors (Lipinski definition) is 4. The lowest BCUT2D eigenvalue weighted by molar-refractivity contribution is -0.161. The Labute approximate surface area is 232 Å². The zero-order valence-electron chi connectivity index (χ0n) is 25.3. The van der Waals surface area contributed by atoms with Crippen molar-refractivity contribution in [1.29, 1.82) is 0 Å². The van der Waals surface area contributed by atoms with Crippen molar-refractivity contribution in [3.8, 4) is 0 Å². The minimum atomic E-state index is -0.235. The van der Waals surface area contributed by atoms with Gasteiger partial charge in [0, 0.05) is 5.92 Å². The highest BCUT2D eigenvalue weighted by atomic mass is 16.6. The molecule has 0 fully saturated rings. The molecule has 38 heavy (non-hydrogen) atoms. The Morgan fingerprint density at radius 3 is 1.74 bits per heavy atom. The summed E-state index contributed by atoms with van der Waals surface area (Å²) in [6.45, 7) is 19.7. The Bertz CT molecular complexity index is 937. The van der Waals surface area contributed by atoms with E-state index in [1.54, 1.807) is 0 Å². The quantitative estimate of drug-likeness (QED) is 0.205. The van der Waals surface area contributed by atoms with Crippen molar-refractivity contribution < 1.29 is 19.0 Å². The molecule has 0 spiro atoms. The molecule has 0 saturated heterocycles. The van der Waals surface area contributed by atoms with Crippen LogP contribution in [0.3, 0.4) is 0 Å². The topological polar surface area (TPSA) is 44.8 Å². The van der Waals surface area contributed by atoms with Gasteiger partial charge in [-0.2, -0.15) is 0 Å². The molecule has 2 aromatic rings. The molecule has 0 bridgehead atoms. The van der Waals surface area contributed by atoms with Gasteiger partial charge in [0.25, 0.3) is 0 Å². The first-order chi connectivity index (χ1) is 17.9. The maximum atomic E-state index is 12.9. The van der Waals surface area contributed by atoms with E-state index in [-0.39, 0.29) is 47.1 Å². The predicted molar refractivity (Wildman–Crippen MR) is 157 cm³/mol. The minimum Gasteiger partial charge on any atom is -0.465 e. The van der Waals surface area contributed by atoms with Gasteiger partial charge in [-0.3, -0.25) is 4.79 Å². The first-order valence-electron chi connectivity index (χ1n) is 14.4. The number of esters is 1. The number of benzene rings is 2. The lowest BCUT2D eigenvalue weighted by Crippen LogP contribution is -2.40. The van der Waals surface area contributed by atoms with Crippen LogP contribution in [0.5, 0.6) is 0 Å². The third-order valence-electron chi connectivity index (χ3n) is 7.65. The summed E-state index contributed by atoms with van der Waals surface area (Å²) in [5.41, 5.74) is 2.34. The summed E-state index contributed by atoms with van der Waals surface area (Å²) in [5, 5.41) is 0. The van der Waals surface area contributed by atoms with E-state index in [0.29, 0.717) is 13.0 Å². The van der Waals surface area contributed by atoms with Gasteiger partial charge in [0.05, 0.1) is 37.4 Å². The van der Waals surface area contributed by atoms with Crippen LogP contribution in [-0.2, 0) is 19.0 Å². The van der Waals surface area contributed by atoms with Crippen LogP contribution in [0.15, 0.2) is 60.7 Å². The van der Waals surface area contributed by atoms with Crippen molar-refractivity contribution in [1.82, 2.24) is 0 Å². The molecule has 0 radical (unpaired) electrons. The Kier molecular flexibility index (Phi) is 12.5. The van der Waals surface area contributed by atoms with Crippen LogP contribution in [0.2, 0.25) is 0 Å². The van der Waals surface area contributed by atoms with Crippen LogP contribution in [0, 0.1) is 16.7 Å². The van der Waals surface area contributed by atoms with E-state index in [4.69, 9.17) is 14.2 Å². The fourth-order valence-corrected chi connectivity index (χ4v) is 5.34. The zero-order chi connectivity index (χ0) is 28.3. The zero-order valence-corrected chi connectivity index (χ0v) is 25.3. The molecule has 5 atom stereocenters. The first kappa shape index (κ1) is 32.0. The maximum Gasteiger partial charge on any atom is 0.306 e. The van der Waals surface area contributed by atoms with Gasteiger partial charge in [0.15, 0.2) is 0 Å². The van der Waals surface area contributed by atoms with E-state index in [1.807, 2.05) is 36.4 Å². The molecule has 4 nitrogen and oxygen atoms in total. The van der Waals surface area contributed by atoms with Crippen LogP contribution in [0.4, 0.5) is 0 Å². The highest BCUT2D eigenvalue weighted by Crippen LogP contribution is 2.38. The van der Waals surface area contributed by atoms with Crippen molar-refractivity contribution in [3.63, 3.8) is 0 Å². The van der Waals surface area contributed by atoms with Crippen molar-refractivity contribution >= 4 is 5.97 Å². The summed E-state index contributed by atoms with van der Waals surface area (Å²) in [4.78, 5) is 12.9. The molecule has 4 heteroatoms. The minimum absolute atomic E-state index is 0.0340. The van der Waals surface area contributed by atoms with Gasteiger partial charge in [-0.15, -0.1) is 0 Å². The molecule has 2 aromatic carbocycles. The highest BCUT2D eigenvalue weighted by Gasteiger charge is 2.33. The number of carbonyl (C=O) groups excluding carboxylic acids is 1. The fraction of sp³-hybridized carbons (Fsp3) is 0.618. The summed E-state index contributed by atoms with van der Waals surface area (Å²) in [7, 11) is 0. The Morgan fingerprint density at radius 1 is 0.763 bits per heavy atom. The molecule has 0 aliphatic carbocycles. The average molecular weight is 525 g/mol. The highest BCUT2D eigenvalue weighted by molar-refractivity contribution is 5.70. The van der Waals surface area contributed by atoms with E-state index in [0.717, 1.165) is 30.4 Å². The standard InChI is InChI=1S/C34H52O4/c1-10-30(37-26(4)28-18-14-12-15-19-28)32(38-27(5)29-20-16-13-17-21-29)25(3)23-36-31(35)22-34(8,9)24-33(6,7)11-2/h12-21,25-27,30,32H,10-11,22-24H2,1-9H3. The van der Waals surface area contributed by atoms with Crippen LogP contribution in [-0.4, -0.2) is 24.8 Å². The molecular weight excluding hydrogens is 472 g/mol. The summed E-state index contributed by atoms with van der Waals surface area (Å²) < 4.78 is 19.1. The van der Waals surface area contributed by atoms with E-state index < -0.39 is 0 Å². The van der Waals surface area contributed by atoms with Crippen LogP contribution in [0.1, 0.15) is 111 Å². The van der Waals surface area contributed by atoms with E-state index >= 15 is 0 Å². The average Bonchev–Trinajstić information content (AvgIpc) is 2.89. The normalized spacial score (nSPS) is 16.3. The molecule has 0 saturated carbocycles. The Balaban J connectivity index is 2.13. The number of rotatable bonds is 16. The van der Waals surface area contributed by atoms with Crippen LogP contribution < -0.4 is 0 Å². The van der Waals surface area contributed by atoms with Gasteiger partial charge < -0.3 is 14.2 Å². The Morgan fingerprint density at radius 2 is 1.26 bits per heavy atom.